The molecule has 0 saturated heterocycles. The van der Waals surface area contributed by atoms with E-state index in [-0.39, 0.29) is 16.3 Å². The Hall–Kier alpha value is -1.30. The average Bonchev–Trinajstić information content (AvgIpc) is 2.87. The molecule has 0 radical (unpaired) electrons. The third kappa shape index (κ3) is 2.26. The third-order valence-corrected chi connectivity index (χ3v) is 4.45. The summed E-state index contributed by atoms with van der Waals surface area (Å²) in [5.41, 5.74) is -0.105. The summed E-state index contributed by atoms with van der Waals surface area (Å²) < 4.78 is 1.49. The zero-order valence-corrected chi connectivity index (χ0v) is 12.4. The van der Waals surface area contributed by atoms with E-state index in [1.807, 2.05) is 0 Å². The lowest BCUT2D eigenvalue weighted by Gasteiger charge is -2.07. The number of ketones is 1. The van der Waals surface area contributed by atoms with Gasteiger partial charge in [0.05, 0.1) is 0 Å². The summed E-state index contributed by atoms with van der Waals surface area (Å²) in [5, 5.41) is 1.04. The highest BCUT2D eigenvalue weighted by Crippen LogP contribution is 2.25. The van der Waals surface area contributed by atoms with Gasteiger partial charge in [0.15, 0.2) is 5.16 Å². The molecule has 0 bridgehead atoms. The van der Waals surface area contributed by atoms with Crippen LogP contribution in [0.5, 0.6) is 0 Å². The lowest BCUT2D eigenvalue weighted by Crippen LogP contribution is -2.28. The van der Waals surface area contributed by atoms with Crippen LogP contribution in [0.4, 0.5) is 0 Å². The summed E-state index contributed by atoms with van der Waals surface area (Å²) in [4.78, 5) is 28.9. The fourth-order valence-corrected chi connectivity index (χ4v) is 3.35. The molecule has 3 rings (SSSR count). The highest BCUT2D eigenvalue weighted by atomic mass is 35.5. The van der Waals surface area contributed by atoms with Crippen LogP contribution in [0.25, 0.3) is 0 Å². The lowest BCUT2D eigenvalue weighted by atomic mass is 10.1. The van der Waals surface area contributed by atoms with Crippen molar-refractivity contribution < 1.29 is 4.79 Å². The summed E-state index contributed by atoms with van der Waals surface area (Å²) in [7, 11) is 0. The first-order chi connectivity index (χ1) is 9.58. The van der Waals surface area contributed by atoms with Crippen LogP contribution >= 0.6 is 35.0 Å². The topological polar surface area (TPSA) is 52.0 Å². The maximum Gasteiger partial charge on any atom is 0.267 e. The number of fused-ring (bicyclic) bond motifs is 1. The smallest absolute Gasteiger partial charge is 0.267 e. The van der Waals surface area contributed by atoms with Gasteiger partial charge in [0.2, 0.25) is 5.78 Å². The van der Waals surface area contributed by atoms with Crippen LogP contribution in [-0.2, 0) is 6.54 Å². The number of nitrogens with zero attached hydrogens (tertiary/aromatic N) is 2. The van der Waals surface area contributed by atoms with Gasteiger partial charge in [-0.05, 0) is 24.3 Å². The number of carbonyl (C=O) groups is 1. The fraction of sp³-hybridized carbons (Fsp3) is 0.154. The summed E-state index contributed by atoms with van der Waals surface area (Å²) in [6.07, 6.45) is 0. The molecule has 1 aromatic heterocycles. The number of rotatable bonds is 2. The first kappa shape index (κ1) is 13.7. The van der Waals surface area contributed by atoms with E-state index in [0.29, 0.717) is 22.3 Å². The first-order valence-electron chi connectivity index (χ1n) is 5.81. The van der Waals surface area contributed by atoms with Crippen molar-refractivity contribution in [2.45, 2.75) is 11.7 Å². The number of halogens is 2. The fourth-order valence-electron chi connectivity index (χ4n) is 1.98. The number of aromatic nitrogens is 2. The van der Waals surface area contributed by atoms with Gasteiger partial charge < -0.3 is 0 Å². The van der Waals surface area contributed by atoms with Gasteiger partial charge in [0.25, 0.3) is 5.56 Å². The van der Waals surface area contributed by atoms with E-state index in [1.54, 1.807) is 24.3 Å². The summed E-state index contributed by atoms with van der Waals surface area (Å²) in [6.45, 7) is 0.546. The number of hydrogen-bond acceptors (Lipinski definition) is 4. The van der Waals surface area contributed by atoms with E-state index >= 15 is 0 Å². The van der Waals surface area contributed by atoms with E-state index in [0.717, 1.165) is 5.75 Å². The summed E-state index contributed by atoms with van der Waals surface area (Å²) in [6, 6.07) is 6.31. The molecular formula is C13H8Cl2N2O2S. The molecule has 1 aromatic carbocycles. The Morgan fingerprint density at radius 3 is 2.65 bits per heavy atom. The zero-order valence-electron chi connectivity index (χ0n) is 10.1. The Bertz CT molecular complexity index is 756. The molecule has 20 heavy (non-hydrogen) atoms. The van der Waals surface area contributed by atoms with E-state index < -0.39 is 5.78 Å². The van der Waals surface area contributed by atoms with Crippen LogP contribution in [0, 0.1) is 0 Å². The minimum atomic E-state index is -0.434. The van der Waals surface area contributed by atoms with Crippen molar-refractivity contribution in [3.8, 4) is 0 Å². The summed E-state index contributed by atoms with van der Waals surface area (Å²) >= 11 is 13.2. The highest BCUT2D eigenvalue weighted by molar-refractivity contribution is 7.99. The second kappa shape index (κ2) is 5.24. The van der Waals surface area contributed by atoms with Gasteiger partial charge in [0.1, 0.15) is 10.7 Å². The molecule has 2 aromatic rings. The molecule has 0 amide bonds. The van der Waals surface area contributed by atoms with E-state index in [9.17, 15) is 9.59 Å². The van der Waals surface area contributed by atoms with Crippen molar-refractivity contribution in [3.05, 3.63) is 55.9 Å². The molecule has 0 fully saturated rings. The monoisotopic (exact) mass is 326 g/mol. The molecule has 1 aliphatic heterocycles. The normalized spacial score (nSPS) is 13.3. The number of benzene rings is 1. The molecule has 0 spiro atoms. The maximum atomic E-state index is 12.4. The van der Waals surface area contributed by atoms with Crippen LogP contribution in [0.15, 0.2) is 34.2 Å². The molecule has 7 heteroatoms. The van der Waals surface area contributed by atoms with Gasteiger partial charge in [-0.1, -0.05) is 35.0 Å². The van der Waals surface area contributed by atoms with E-state index in [4.69, 9.17) is 23.2 Å². The average molecular weight is 327 g/mol. The number of hydrogen-bond donors (Lipinski definition) is 0. The molecule has 102 valence electrons. The number of carbonyl (C=O) groups excluding carboxylic acids is 1. The van der Waals surface area contributed by atoms with Gasteiger partial charge in [-0.2, -0.15) is 0 Å². The zero-order chi connectivity index (χ0) is 14.3. The largest absolute Gasteiger partial charge is 0.288 e. The molecule has 0 unspecified atom stereocenters. The third-order valence-electron chi connectivity index (χ3n) is 2.97. The van der Waals surface area contributed by atoms with Crippen molar-refractivity contribution in [3.63, 3.8) is 0 Å². The molecule has 0 saturated carbocycles. The van der Waals surface area contributed by atoms with Crippen molar-refractivity contribution in [1.82, 2.24) is 9.55 Å². The van der Waals surface area contributed by atoms with Gasteiger partial charge in [-0.15, -0.1) is 0 Å². The van der Waals surface area contributed by atoms with E-state index in [2.05, 4.69) is 4.98 Å². The minimum Gasteiger partial charge on any atom is -0.288 e. The van der Waals surface area contributed by atoms with Crippen molar-refractivity contribution in [2.75, 3.05) is 5.75 Å². The molecular weight excluding hydrogens is 319 g/mol. The van der Waals surface area contributed by atoms with Gasteiger partial charge in [0, 0.05) is 22.9 Å². The quantitative estimate of drug-likeness (QED) is 0.483. The van der Waals surface area contributed by atoms with Gasteiger partial charge >= 0.3 is 0 Å². The van der Waals surface area contributed by atoms with Crippen LogP contribution in [0.2, 0.25) is 10.2 Å². The Morgan fingerprint density at radius 2 is 1.95 bits per heavy atom. The minimum absolute atomic E-state index is 0.0457. The standard InChI is InChI=1S/C13H8Cl2N2O2S/c14-8-3-1-7(2-4-8)10(18)9-11(15)16-13-17(12(9)19)5-6-20-13/h1-4H,5-6H2. The predicted octanol–water partition coefficient (Wildman–Crippen LogP) is 2.89. The Balaban J connectivity index is 2.13. The van der Waals surface area contributed by atoms with Crippen molar-refractivity contribution >= 4 is 40.7 Å². The van der Waals surface area contributed by atoms with Gasteiger partial charge in [-0.3, -0.25) is 14.2 Å². The lowest BCUT2D eigenvalue weighted by molar-refractivity contribution is 0.103. The maximum absolute atomic E-state index is 12.4. The van der Waals surface area contributed by atoms with Crippen molar-refractivity contribution in [2.24, 2.45) is 0 Å². The molecule has 1 aliphatic rings. The molecule has 4 nitrogen and oxygen atoms in total. The second-order valence-electron chi connectivity index (χ2n) is 4.20. The second-order valence-corrected chi connectivity index (χ2v) is 6.06. The highest BCUT2D eigenvalue weighted by Gasteiger charge is 2.24. The Kier molecular flexibility index (Phi) is 3.58. The first-order valence-corrected chi connectivity index (χ1v) is 7.55. The molecule has 0 aliphatic carbocycles. The molecule has 0 atom stereocenters. The summed E-state index contributed by atoms with van der Waals surface area (Å²) in [5.74, 6) is 0.327. The van der Waals surface area contributed by atoms with Crippen LogP contribution < -0.4 is 5.56 Å². The SMILES string of the molecule is O=C(c1ccc(Cl)cc1)c1c(Cl)nc2n(c1=O)CCS2. The van der Waals surface area contributed by atoms with Crippen LogP contribution in [0.1, 0.15) is 15.9 Å². The van der Waals surface area contributed by atoms with E-state index in [1.165, 1.54) is 16.3 Å². The Morgan fingerprint density at radius 1 is 1.25 bits per heavy atom. The predicted molar refractivity (Wildman–Crippen MR) is 79.1 cm³/mol. The molecule has 0 N–H and O–H groups in total. The van der Waals surface area contributed by atoms with Crippen molar-refractivity contribution in [1.29, 1.82) is 0 Å². The van der Waals surface area contributed by atoms with Crippen LogP contribution in [0.3, 0.4) is 0 Å². The molecule has 2 heterocycles. The number of thioether (sulfide) groups is 1. The Labute approximate surface area is 128 Å². The van der Waals surface area contributed by atoms with Crippen LogP contribution in [-0.4, -0.2) is 21.1 Å². The van der Waals surface area contributed by atoms with Gasteiger partial charge in [-0.25, -0.2) is 4.98 Å².